The molecule has 0 radical (unpaired) electrons. The number of amides is 2. The topological polar surface area (TPSA) is 88.9 Å². The zero-order chi connectivity index (χ0) is 18.9. The van der Waals surface area contributed by atoms with Crippen molar-refractivity contribution in [2.45, 2.75) is 13.0 Å². The van der Waals surface area contributed by atoms with Gasteiger partial charge in [0.05, 0.1) is 12.7 Å². The Labute approximate surface area is 149 Å². The fraction of sp³-hybridized carbons (Fsp3) is 0.278. The first-order valence-corrected chi connectivity index (χ1v) is 7.91. The third kappa shape index (κ3) is 6.04. The molecular weight excluding hydrogens is 343 g/mol. The highest BCUT2D eigenvalue weighted by atomic mass is 19.1. The fourth-order valence-corrected chi connectivity index (χ4v) is 2.05. The summed E-state index contributed by atoms with van der Waals surface area (Å²) in [5.41, 5.74) is 0.759. The van der Waals surface area contributed by atoms with Gasteiger partial charge in [-0.1, -0.05) is 12.1 Å². The van der Waals surface area contributed by atoms with Gasteiger partial charge in [0.2, 0.25) is 0 Å². The van der Waals surface area contributed by atoms with Gasteiger partial charge < -0.3 is 19.4 Å². The maximum atomic E-state index is 12.9. The minimum atomic E-state index is -0.603. The molecule has 0 aliphatic rings. The number of hydrogen-bond acceptors (Lipinski definition) is 5. The number of halogens is 1. The van der Waals surface area contributed by atoms with Crippen LogP contribution in [-0.2, 0) is 20.9 Å². The molecule has 138 valence electrons. The van der Waals surface area contributed by atoms with Crippen LogP contribution in [0.1, 0.15) is 22.5 Å². The second-order valence-electron chi connectivity index (χ2n) is 5.52. The smallest absolute Gasteiger partial charge is 0.308 e. The summed E-state index contributed by atoms with van der Waals surface area (Å²) in [5, 5.41) is 2.50. The number of benzene rings is 1. The predicted octanol–water partition coefficient (Wildman–Crippen LogP) is 1.74. The van der Waals surface area contributed by atoms with Crippen LogP contribution in [0.3, 0.4) is 0 Å². The van der Waals surface area contributed by atoms with Crippen molar-refractivity contribution >= 4 is 17.8 Å². The van der Waals surface area contributed by atoms with Crippen molar-refractivity contribution < 1.29 is 27.9 Å². The van der Waals surface area contributed by atoms with Crippen molar-refractivity contribution in [3.05, 3.63) is 59.8 Å². The molecule has 26 heavy (non-hydrogen) atoms. The first-order valence-electron chi connectivity index (χ1n) is 7.91. The van der Waals surface area contributed by atoms with E-state index in [1.165, 1.54) is 29.4 Å². The van der Waals surface area contributed by atoms with Gasteiger partial charge in [0, 0.05) is 20.1 Å². The Morgan fingerprint density at radius 3 is 2.58 bits per heavy atom. The number of rotatable bonds is 8. The molecule has 2 aromatic rings. The van der Waals surface area contributed by atoms with Gasteiger partial charge >= 0.3 is 5.97 Å². The van der Waals surface area contributed by atoms with Gasteiger partial charge in [-0.2, -0.15) is 0 Å². The van der Waals surface area contributed by atoms with E-state index in [4.69, 9.17) is 9.15 Å². The van der Waals surface area contributed by atoms with Crippen molar-refractivity contribution in [3.63, 3.8) is 0 Å². The molecule has 0 saturated heterocycles. The van der Waals surface area contributed by atoms with Crippen molar-refractivity contribution in [2.24, 2.45) is 0 Å². The second-order valence-corrected chi connectivity index (χ2v) is 5.52. The standard InChI is InChI=1S/C18H19FN2O5/c1-21(11-13-4-6-14(19)7-5-13)16(22)12-26-17(23)8-9-20-18(24)15-3-2-10-25-15/h2-7,10H,8-9,11-12H2,1H3,(H,20,24). The largest absolute Gasteiger partial charge is 0.459 e. The molecule has 0 fully saturated rings. The first-order chi connectivity index (χ1) is 12.5. The highest BCUT2D eigenvalue weighted by Crippen LogP contribution is 2.06. The van der Waals surface area contributed by atoms with E-state index >= 15 is 0 Å². The Balaban J connectivity index is 1.65. The molecule has 0 atom stereocenters. The lowest BCUT2D eigenvalue weighted by Crippen LogP contribution is -2.31. The minimum absolute atomic E-state index is 0.0674. The van der Waals surface area contributed by atoms with E-state index in [0.717, 1.165) is 5.56 Å². The van der Waals surface area contributed by atoms with Crippen LogP contribution in [-0.4, -0.2) is 42.9 Å². The Morgan fingerprint density at radius 1 is 1.19 bits per heavy atom. The summed E-state index contributed by atoms with van der Waals surface area (Å²) in [6.45, 7) is -0.0590. The lowest BCUT2D eigenvalue weighted by molar-refractivity contribution is -0.151. The molecule has 0 saturated carbocycles. The summed E-state index contributed by atoms with van der Waals surface area (Å²) < 4.78 is 22.7. The lowest BCUT2D eigenvalue weighted by atomic mass is 10.2. The molecule has 1 aromatic carbocycles. The summed E-state index contributed by atoms with van der Waals surface area (Å²) in [7, 11) is 1.56. The molecule has 0 aliphatic heterocycles. The third-order valence-electron chi connectivity index (χ3n) is 3.48. The number of carbonyl (C=O) groups is 3. The maximum absolute atomic E-state index is 12.9. The summed E-state index contributed by atoms with van der Waals surface area (Å²) in [6.07, 6.45) is 1.30. The maximum Gasteiger partial charge on any atom is 0.308 e. The number of nitrogens with one attached hydrogen (secondary N) is 1. The van der Waals surface area contributed by atoms with E-state index in [1.807, 2.05) is 0 Å². The molecule has 1 heterocycles. The van der Waals surface area contributed by atoms with E-state index in [9.17, 15) is 18.8 Å². The van der Waals surface area contributed by atoms with Crippen LogP contribution in [0.5, 0.6) is 0 Å². The van der Waals surface area contributed by atoms with E-state index in [-0.39, 0.29) is 37.0 Å². The molecule has 2 rings (SSSR count). The molecule has 0 aliphatic carbocycles. The van der Waals surface area contributed by atoms with E-state index < -0.39 is 18.5 Å². The zero-order valence-corrected chi connectivity index (χ0v) is 14.2. The van der Waals surface area contributed by atoms with Crippen LogP contribution in [0.2, 0.25) is 0 Å². The lowest BCUT2D eigenvalue weighted by Gasteiger charge is -2.17. The van der Waals surface area contributed by atoms with Gasteiger partial charge in [0.25, 0.3) is 11.8 Å². The normalized spacial score (nSPS) is 10.2. The fourth-order valence-electron chi connectivity index (χ4n) is 2.05. The molecule has 1 N–H and O–H groups in total. The van der Waals surface area contributed by atoms with Gasteiger partial charge in [0.1, 0.15) is 5.82 Å². The van der Waals surface area contributed by atoms with Crippen LogP contribution < -0.4 is 5.32 Å². The monoisotopic (exact) mass is 362 g/mol. The second kappa shape index (κ2) is 9.36. The van der Waals surface area contributed by atoms with Gasteiger partial charge in [-0.05, 0) is 29.8 Å². The zero-order valence-electron chi connectivity index (χ0n) is 14.2. The quantitative estimate of drug-likeness (QED) is 0.723. The number of esters is 1. The van der Waals surface area contributed by atoms with E-state index in [0.29, 0.717) is 0 Å². The average Bonchev–Trinajstić information content (AvgIpc) is 3.16. The minimum Gasteiger partial charge on any atom is -0.459 e. The Bertz CT molecular complexity index is 743. The SMILES string of the molecule is CN(Cc1ccc(F)cc1)C(=O)COC(=O)CCNC(=O)c1ccco1. The Hall–Kier alpha value is -3.16. The molecule has 0 spiro atoms. The number of carbonyl (C=O) groups excluding carboxylic acids is 3. The summed E-state index contributed by atoms with van der Waals surface area (Å²) in [4.78, 5) is 36.5. The molecule has 1 aromatic heterocycles. The number of likely N-dealkylation sites (N-methyl/N-ethyl adjacent to an activating group) is 1. The van der Waals surface area contributed by atoms with Crippen molar-refractivity contribution in [3.8, 4) is 0 Å². The van der Waals surface area contributed by atoms with Crippen LogP contribution in [0.15, 0.2) is 47.1 Å². The highest BCUT2D eigenvalue weighted by Gasteiger charge is 2.13. The number of nitrogens with zero attached hydrogens (tertiary/aromatic N) is 1. The number of ether oxygens (including phenoxy) is 1. The van der Waals surface area contributed by atoms with Gasteiger partial charge in [-0.15, -0.1) is 0 Å². The molecule has 7 nitrogen and oxygen atoms in total. The van der Waals surface area contributed by atoms with E-state index in [1.54, 1.807) is 25.2 Å². The summed E-state index contributed by atoms with van der Waals surface area (Å²) in [6, 6.07) is 8.86. The van der Waals surface area contributed by atoms with E-state index in [2.05, 4.69) is 5.32 Å². The first kappa shape index (κ1) is 19.2. The van der Waals surface area contributed by atoms with Crippen molar-refractivity contribution in [1.29, 1.82) is 0 Å². The molecular formula is C18H19FN2O5. The molecule has 0 bridgehead atoms. The third-order valence-corrected chi connectivity index (χ3v) is 3.48. The van der Waals surface area contributed by atoms with Gasteiger partial charge in [-0.25, -0.2) is 4.39 Å². The Morgan fingerprint density at radius 2 is 1.92 bits per heavy atom. The van der Waals surface area contributed by atoms with Crippen LogP contribution >= 0.6 is 0 Å². The van der Waals surface area contributed by atoms with Gasteiger partial charge in [0.15, 0.2) is 12.4 Å². The summed E-state index contributed by atoms with van der Waals surface area (Å²) >= 11 is 0. The summed E-state index contributed by atoms with van der Waals surface area (Å²) in [5.74, 6) is -1.62. The van der Waals surface area contributed by atoms with Crippen LogP contribution in [0.25, 0.3) is 0 Å². The van der Waals surface area contributed by atoms with Crippen molar-refractivity contribution in [1.82, 2.24) is 10.2 Å². The number of hydrogen-bond donors (Lipinski definition) is 1. The number of furan rings is 1. The molecule has 8 heteroatoms. The Kier molecular flexibility index (Phi) is 6.90. The molecule has 0 unspecified atom stereocenters. The van der Waals surface area contributed by atoms with Gasteiger partial charge in [-0.3, -0.25) is 14.4 Å². The van der Waals surface area contributed by atoms with Crippen LogP contribution in [0.4, 0.5) is 4.39 Å². The van der Waals surface area contributed by atoms with Crippen molar-refractivity contribution in [2.75, 3.05) is 20.2 Å². The van der Waals surface area contributed by atoms with Crippen LogP contribution in [0, 0.1) is 5.82 Å². The highest BCUT2D eigenvalue weighted by molar-refractivity contribution is 5.91. The predicted molar refractivity (Wildman–Crippen MR) is 89.5 cm³/mol. The average molecular weight is 362 g/mol. The molecule has 2 amide bonds.